The topological polar surface area (TPSA) is 85.8 Å². The van der Waals surface area contributed by atoms with E-state index >= 15 is 0 Å². The minimum atomic E-state index is 0.00192. The lowest BCUT2D eigenvalue weighted by atomic mass is 10.2. The van der Waals surface area contributed by atoms with Crippen LogP contribution in [-0.4, -0.2) is 26.9 Å². The van der Waals surface area contributed by atoms with Crippen molar-refractivity contribution in [2.24, 2.45) is 11.7 Å². The number of carbonyl (C=O) groups is 1. The summed E-state index contributed by atoms with van der Waals surface area (Å²) < 4.78 is 1.52. The lowest BCUT2D eigenvalue weighted by Gasteiger charge is -2.03. The summed E-state index contributed by atoms with van der Waals surface area (Å²) in [5, 5.41) is 10.7. The van der Waals surface area contributed by atoms with E-state index in [9.17, 15) is 4.79 Å². The zero-order valence-electron chi connectivity index (χ0n) is 10.1. The molecular formula is C11H19N5O. The van der Waals surface area contributed by atoms with Gasteiger partial charge in [-0.3, -0.25) is 4.79 Å². The predicted octanol–water partition coefficient (Wildman–Crippen LogP) is 0.0416. The second kappa shape index (κ2) is 5.27. The van der Waals surface area contributed by atoms with Crippen LogP contribution < -0.4 is 11.1 Å². The Kier molecular flexibility index (Phi) is 3.73. The van der Waals surface area contributed by atoms with Crippen LogP contribution in [0.3, 0.4) is 0 Å². The van der Waals surface area contributed by atoms with Gasteiger partial charge in [0.1, 0.15) is 6.54 Å². The van der Waals surface area contributed by atoms with E-state index in [0.29, 0.717) is 24.2 Å². The standard InChI is InChI=1S/C11H19N5O/c1-2-3-8-4-10(8)13-11(17)7-16-6-9(5-12)14-15-16/h6,8,10H,2-5,7,12H2,1H3,(H,13,17). The van der Waals surface area contributed by atoms with Gasteiger partial charge in [0.2, 0.25) is 5.91 Å². The summed E-state index contributed by atoms with van der Waals surface area (Å²) in [6.07, 6.45) is 5.20. The largest absolute Gasteiger partial charge is 0.351 e. The molecule has 0 bridgehead atoms. The van der Waals surface area contributed by atoms with Gasteiger partial charge in [0.25, 0.3) is 0 Å². The highest BCUT2D eigenvalue weighted by molar-refractivity contribution is 5.76. The van der Waals surface area contributed by atoms with Gasteiger partial charge in [-0.1, -0.05) is 18.6 Å². The van der Waals surface area contributed by atoms with Crippen LogP contribution in [0.4, 0.5) is 0 Å². The molecule has 1 aliphatic carbocycles. The van der Waals surface area contributed by atoms with Gasteiger partial charge in [-0.05, 0) is 18.8 Å². The fourth-order valence-electron chi connectivity index (χ4n) is 2.02. The Hall–Kier alpha value is -1.43. The summed E-state index contributed by atoms with van der Waals surface area (Å²) in [6, 6.07) is 0.375. The first-order chi connectivity index (χ1) is 8.22. The summed E-state index contributed by atoms with van der Waals surface area (Å²) in [5.74, 6) is 0.682. The molecule has 2 rings (SSSR count). The second-order valence-electron chi connectivity index (χ2n) is 4.57. The lowest BCUT2D eigenvalue weighted by Crippen LogP contribution is -2.30. The van der Waals surface area contributed by atoms with E-state index in [-0.39, 0.29) is 12.5 Å². The SMILES string of the molecule is CCCC1CC1NC(=O)Cn1cc(CN)nn1. The molecule has 0 spiro atoms. The first kappa shape index (κ1) is 12.0. The number of amides is 1. The van der Waals surface area contributed by atoms with Gasteiger partial charge < -0.3 is 11.1 Å². The minimum Gasteiger partial charge on any atom is -0.351 e. The number of rotatable bonds is 6. The Labute approximate surface area is 101 Å². The minimum absolute atomic E-state index is 0.00192. The van der Waals surface area contributed by atoms with Crippen LogP contribution in [0.1, 0.15) is 31.9 Å². The molecule has 2 unspecified atom stereocenters. The second-order valence-corrected chi connectivity index (χ2v) is 4.57. The Morgan fingerprint density at radius 3 is 3.18 bits per heavy atom. The first-order valence-electron chi connectivity index (χ1n) is 6.11. The molecule has 3 N–H and O–H groups in total. The Morgan fingerprint density at radius 1 is 1.71 bits per heavy atom. The molecule has 1 fully saturated rings. The number of nitrogens with one attached hydrogen (secondary N) is 1. The highest BCUT2D eigenvalue weighted by Gasteiger charge is 2.36. The summed E-state index contributed by atoms with van der Waals surface area (Å²) in [6.45, 7) is 2.74. The number of aromatic nitrogens is 3. The third-order valence-electron chi connectivity index (χ3n) is 3.03. The van der Waals surface area contributed by atoms with Crippen molar-refractivity contribution in [3.63, 3.8) is 0 Å². The van der Waals surface area contributed by atoms with E-state index in [1.54, 1.807) is 6.20 Å². The van der Waals surface area contributed by atoms with Crippen LogP contribution >= 0.6 is 0 Å². The molecule has 6 heteroatoms. The van der Waals surface area contributed by atoms with Crippen molar-refractivity contribution in [1.29, 1.82) is 0 Å². The quantitative estimate of drug-likeness (QED) is 0.731. The van der Waals surface area contributed by atoms with Crippen LogP contribution in [0.25, 0.3) is 0 Å². The van der Waals surface area contributed by atoms with Crippen molar-refractivity contribution in [3.8, 4) is 0 Å². The number of nitrogens with two attached hydrogens (primary N) is 1. The van der Waals surface area contributed by atoms with E-state index in [0.717, 1.165) is 6.42 Å². The molecule has 1 aromatic heterocycles. The van der Waals surface area contributed by atoms with Crippen molar-refractivity contribution < 1.29 is 4.79 Å². The molecule has 0 radical (unpaired) electrons. The molecule has 1 aliphatic rings. The van der Waals surface area contributed by atoms with Crippen LogP contribution in [0.2, 0.25) is 0 Å². The fourth-order valence-corrected chi connectivity index (χ4v) is 2.02. The van der Waals surface area contributed by atoms with Gasteiger partial charge in [0.05, 0.1) is 11.9 Å². The molecule has 17 heavy (non-hydrogen) atoms. The van der Waals surface area contributed by atoms with Crippen molar-refractivity contribution in [2.45, 2.75) is 45.3 Å². The van der Waals surface area contributed by atoms with E-state index < -0.39 is 0 Å². The molecule has 1 aromatic rings. The smallest absolute Gasteiger partial charge is 0.242 e. The van der Waals surface area contributed by atoms with Gasteiger partial charge in [0.15, 0.2) is 0 Å². The molecule has 1 heterocycles. The van der Waals surface area contributed by atoms with E-state index in [4.69, 9.17) is 5.73 Å². The number of carbonyl (C=O) groups excluding carboxylic acids is 1. The maximum atomic E-state index is 11.7. The van der Waals surface area contributed by atoms with Crippen molar-refractivity contribution >= 4 is 5.91 Å². The molecule has 2 atom stereocenters. The summed E-state index contributed by atoms with van der Waals surface area (Å²) in [4.78, 5) is 11.7. The lowest BCUT2D eigenvalue weighted by molar-refractivity contribution is -0.122. The predicted molar refractivity (Wildman–Crippen MR) is 62.9 cm³/mol. The van der Waals surface area contributed by atoms with E-state index in [1.807, 2.05) is 0 Å². The zero-order chi connectivity index (χ0) is 12.3. The molecule has 94 valence electrons. The van der Waals surface area contributed by atoms with E-state index in [1.165, 1.54) is 17.5 Å². The first-order valence-corrected chi connectivity index (χ1v) is 6.11. The van der Waals surface area contributed by atoms with Crippen LogP contribution in [-0.2, 0) is 17.9 Å². The normalized spacial score (nSPS) is 22.5. The Bertz CT molecular complexity index is 389. The maximum Gasteiger partial charge on any atom is 0.242 e. The van der Waals surface area contributed by atoms with Gasteiger partial charge in [0, 0.05) is 12.6 Å². The van der Waals surface area contributed by atoms with Crippen LogP contribution in [0, 0.1) is 5.92 Å². The fraction of sp³-hybridized carbons (Fsp3) is 0.727. The Morgan fingerprint density at radius 2 is 2.53 bits per heavy atom. The van der Waals surface area contributed by atoms with Crippen molar-refractivity contribution in [2.75, 3.05) is 0 Å². The molecule has 1 saturated carbocycles. The molecular weight excluding hydrogens is 218 g/mol. The number of hydrogen-bond donors (Lipinski definition) is 2. The summed E-state index contributed by atoms with van der Waals surface area (Å²) >= 11 is 0. The third-order valence-corrected chi connectivity index (χ3v) is 3.03. The van der Waals surface area contributed by atoms with Crippen molar-refractivity contribution in [3.05, 3.63) is 11.9 Å². The zero-order valence-corrected chi connectivity index (χ0v) is 10.1. The Balaban J connectivity index is 1.74. The van der Waals surface area contributed by atoms with E-state index in [2.05, 4.69) is 22.6 Å². The molecule has 0 saturated heterocycles. The highest BCUT2D eigenvalue weighted by Crippen LogP contribution is 2.34. The van der Waals surface area contributed by atoms with Crippen LogP contribution in [0.15, 0.2) is 6.20 Å². The van der Waals surface area contributed by atoms with Gasteiger partial charge in [-0.15, -0.1) is 5.10 Å². The van der Waals surface area contributed by atoms with Crippen molar-refractivity contribution in [1.82, 2.24) is 20.3 Å². The molecule has 6 nitrogen and oxygen atoms in total. The monoisotopic (exact) mass is 237 g/mol. The van der Waals surface area contributed by atoms with Crippen LogP contribution in [0.5, 0.6) is 0 Å². The average Bonchev–Trinajstić information content (AvgIpc) is 2.86. The summed E-state index contributed by atoms with van der Waals surface area (Å²) in [7, 11) is 0. The maximum absolute atomic E-state index is 11.7. The third kappa shape index (κ3) is 3.26. The number of hydrogen-bond acceptors (Lipinski definition) is 4. The number of nitrogens with zero attached hydrogens (tertiary/aromatic N) is 3. The average molecular weight is 237 g/mol. The van der Waals surface area contributed by atoms with Gasteiger partial charge in [-0.25, -0.2) is 4.68 Å². The molecule has 0 aromatic carbocycles. The summed E-state index contributed by atoms with van der Waals surface area (Å²) in [5.41, 5.74) is 6.12. The highest BCUT2D eigenvalue weighted by atomic mass is 16.2. The van der Waals surface area contributed by atoms with Gasteiger partial charge in [-0.2, -0.15) is 0 Å². The molecule has 0 aliphatic heterocycles. The molecule has 1 amide bonds. The van der Waals surface area contributed by atoms with Gasteiger partial charge >= 0.3 is 0 Å².